The van der Waals surface area contributed by atoms with Crippen molar-refractivity contribution >= 4 is 16.8 Å². The minimum Gasteiger partial charge on any atom is -0.358 e. The number of aromatic amines is 1. The zero-order valence-electron chi connectivity index (χ0n) is 12.6. The highest BCUT2D eigenvalue weighted by Gasteiger charge is 2.24. The Labute approximate surface area is 133 Å². The van der Waals surface area contributed by atoms with E-state index in [9.17, 15) is 9.18 Å². The predicted molar refractivity (Wildman–Crippen MR) is 88.0 cm³/mol. The van der Waals surface area contributed by atoms with Crippen molar-refractivity contribution in [2.45, 2.75) is 25.3 Å². The van der Waals surface area contributed by atoms with Gasteiger partial charge in [-0.25, -0.2) is 4.39 Å². The van der Waals surface area contributed by atoms with Gasteiger partial charge in [-0.2, -0.15) is 0 Å². The maximum atomic E-state index is 13.7. The lowest BCUT2D eigenvalue weighted by molar-refractivity contribution is 0.0929. The molecular weight excluding hydrogens is 291 g/mol. The van der Waals surface area contributed by atoms with Gasteiger partial charge in [-0.3, -0.25) is 4.79 Å². The summed E-state index contributed by atoms with van der Waals surface area (Å²) >= 11 is 0. The lowest BCUT2D eigenvalue weighted by Gasteiger charge is -2.23. The van der Waals surface area contributed by atoms with Crippen LogP contribution in [0.1, 0.15) is 28.0 Å². The molecule has 0 aliphatic heterocycles. The molecule has 2 aromatic carbocycles. The predicted octanol–water partition coefficient (Wildman–Crippen LogP) is 3.59. The molecule has 0 saturated carbocycles. The first-order valence-corrected chi connectivity index (χ1v) is 7.86. The molecule has 0 spiro atoms. The summed E-state index contributed by atoms with van der Waals surface area (Å²) in [5.74, 6) is -0.820. The highest BCUT2D eigenvalue weighted by molar-refractivity contribution is 5.94. The maximum Gasteiger partial charge on any atom is 0.254 e. The molecule has 0 bridgehead atoms. The van der Waals surface area contributed by atoms with Crippen LogP contribution in [0.3, 0.4) is 0 Å². The second-order valence-electron chi connectivity index (χ2n) is 6.02. The summed E-state index contributed by atoms with van der Waals surface area (Å²) in [6, 6.07) is 14.4. The van der Waals surface area contributed by atoms with Crippen LogP contribution in [-0.4, -0.2) is 16.9 Å². The lowest BCUT2D eigenvalue weighted by Crippen LogP contribution is -2.39. The Morgan fingerprint density at radius 1 is 1.13 bits per heavy atom. The Morgan fingerprint density at radius 2 is 1.91 bits per heavy atom. The van der Waals surface area contributed by atoms with Crippen LogP contribution in [0, 0.1) is 5.82 Å². The van der Waals surface area contributed by atoms with E-state index in [1.54, 1.807) is 12.1 Å². The number of hydrogen-bond acceptors (Lipinski definition) is 1. The smallest absolute Gasteiger partial charge is 0.254 e. The quantitative estimate of drug-likeness (QED) is 0.746. The summed E-state index contributed by atoms with van der Waals surface area (Å²) in [5, 5.41) is 4.23. The number of hydrogen-bond donors (Lipinski definition) is 2. The number of halogens is 1. The number of nitrogens with one attached hydrogen (secondary N) is 2. The minimum atomic E-state index is -0.480. The molecule has 4 heteroatoms. The van der Waals surface area contributed by atoms with Crippen LogP contribution < -0.4 is 5.32 Å². The van der Waals surface area contributed by atoms with E-state index in [4.69, 9.17) is 0 Å². The van der Waals surface area contributed by atoms with Crippen LogP contribution in [0.15, 0.2) is 48.5 Å². The molecule has 0 saturated heterocycles. The summed E-state index contributed by atoms with van der Waals surface area (Å²) in [4.78, 5) is 15.7. The molecule has 3 aromatic rings. The maximum absolute atomic E-state index is 13.7. The Kier molecular flexibility index (Phi) is 3.37. The van der Waals surface area contributed by atoms with E-state index < -0.39 is 5.82 Å². The normalized spacial score (nSPS) is 17.0. The molecule has 1 atom stereocenters. The van der Waals surface area contributed by atoms with Gasteiger partial charge in [0.2, 0.25) is 0 Å². The first-order valence-electron chi connectivity index (χ1n) is 7.86. The van der Waals surface area contributed by atoms with E-state index in [0.29, 0.717) is 0 Å². The summed E-state index contributed by atoms with van der Waals surface area (Å²) in [6.45, 7) is 0. The Morgan fingerprint density at radius 3 is 2.78 bits per heavy atom. The van der Waals surface area contributed by atoms with E-state index >= 15 is 0 Å². The van der Waals surface area contributed by atoms with Crippen LogP contribution in [0.4, 0.5) is 4.39 Å². The third-order valence-corrected chi connectivity index (χ3v) is 4.55. The first-order chi connectivity index (χ1) is 11.2. The number of carbonyl (C=O) groups excluding carboxylic acids is 1. The number of amides is 1. The van der Waals surface area contributed by atoms with Crippen molar-refractivity contribution in [1.82, 2.24) is 10.3 Å². The van der Waals surface area contributed by atoms with Gasteiger partial charge in [0.15, 0.2) is 0 Å². The fraction of sp³-hybridized carbons (Fsp3) is 0.211. The molecule has 0 fully saturated rings. The van der Waals surface area contributed by atoms with Gasteiger partial charge in [-0.05, 0) is 36.6 Å². The van der Waals surface area contributed by atoms with E-state index in [1.165, 1.54) is 28.8 Å². The number of benzene rings is 2. The molecular formula is C19H17FN2O. The van der Waals surface area contributed by atoms with E-state index in [2.05, 4.69) is 22.4 Å². The Hall–Kier alpha value is -2.62. The van der Waals surface area contributed by atoms with Crippen molar-refractivity contribution in [3.63, 3.8) is 0 Å². The van der Waals surface area contributed by atoms with Gasteiger partial charge < -0.3 is 10.3 Å². The number of para-hydroxylation sites is 1. The molecule has 1 aliphatic carbocycles. The van der Waals surface area contributed by atoms with Gasteiger partial charge in [-0.15, -0.1) is 0 Å². The molecule has 116 valence electrons. The van der Waals surface area contributed by atoms with Gasteiger partial charge in [0.1, 0.15) is 5.82 Å². The summed E-state index contributed by atoms with van der Waals surface area (Å²) in [6.07, 6.45) is 2.54. The monoisotopic (exact) mass is 308 g/mol. The van der Waals surface area contributed by atoms with E-state index in [-0.39, 0.29) is 17.5 Å². The SMILES string of the molecule is O=C(NC1CCc2c([nH]c3ccccc23)C1)c1ccccc1F. The van der Waals surface area contributed by atoms with E-state index in [0.717, 1.165) is 24.8 Å². The summed E-state index contributed by atoms with van der Waals surface area (Å²) in [7, 11) is 0. The zero-order chi connectivity index (χ0) is 15.8. The average Bonchev–Trinajstić information content (AvgIpc) is 2.92. The molecule has 1 aromatic heterocycles. The molecule has 0 radical (unpaired) electrons. The van der Waals surface area contributed by atoms with Crippen molar-refractivity contribution in [2.75, 3.05) is 0 Å². The number of H-pyrrole nitrogens is 1. The fourth-order valence-electron chi connectivity index (χ4n) is 3.41. The largest absolute Gasteiger partial charge is 0.358 e. The van der Waals surface area contributed by atoms with Crippen LogP contribution in [0.25, 0.3) is 10.9 Å². The topological polar surface area (TPSA) is 44.9 Å². The summed E-state index contributed by atoms with van der Waals surface area (Å²) < 4.78 is 13.7. The van der Waals surface area contributed by atoms with Crippen LogP contribution in [0.2, 0.25) is 0 Å². The molecule has 4 rings (SSSR count). The molecule has 2 N–H and O–H groups in total. The zero-order valence-corrected chi connectivity index (χ0v) is 12.6. The molecule has 1 unspecified atom stereocenters. The van der Waals surface area contributed by atoms with Gasteiger partial charge in [0.05, 0.1) is 5.56 Å². The standard InChI is InChI=1S/C19H17FN2O/c20-16-7-3-1-6-15(16)19(23)21-12-9-10-14-13-5-2-4-8-17(13)22-18(14)11-12/h1-8,12,22H,9-11H2,(H,21,23). The highest BCUT2D eigenvalue weighted by Crippen LogP contribution is 2.29. The van der Waals surface area contributed by atoms with Crippen LogP contribution in [-0.2, 0) is 12.8 Å². The van der Waals surface area contributed by atoms with E-state index in [1.807, 2.05) is 12.1 Å². The Balaban J connectivity index is 1.54. The van der Waals surface area contributed by atoms with Crippen LogP contribution >= 0.6 is 0 Å². The third-order valence-electron chi connectivity index (χ3n) is 4.55. The fourth-order valence-corrected chi connectivity index (χ4v) is 3.41. The highest BCUT2D eigenvalue weighted by atomic mass is 19.1. The van der Waals surface area contributed by atoms with Crippen molar-refractivity contribution in [1.29, 1.82) is 0 Å². The van der Waals surface area contributed by atoms with Gasteiger partial charge >= 0.3 is 0 Å². The summed E-state index contributed by atoms with van der Waals surface area (Å²) in [5.41, 5.74) is 3.77. The van der Waals surface area contributed by atoms with Gasteiger partial charge in [0.25, 0.3) is 5.91 Å². The van der Waals surface area contributed by atoms with Gasteiger partial charge in [-0.1, -0.05) is 30.3 Å². The molecule has 3 nitrogen and oxygen atoms in total. The number of rotatable bonds is 2. The molecule has 23 heavy (non-hydrogen) atoms. The second kappa shape index (κ2) is 5.54. The second-order valence-corrected chi connectivity index (χ2v) is 6.02. The average molecular weight is 308 g/mol. The van der Waals surface area contributed by atoms with Crippen molar-refractivity contribution in [2.24, 2.45) is 0 Å². The number of aromatic nitrogens is 1. The van der Waals surface area contributed by atoms with Crippen LogP contribution in [0.5, 0.6) is 0 Å². The number of fused-ring (bicyclic) bond motifs is 3. The van der Waals surface area contributed by atoms with Crippen molar-refractivity contribution in [3.8, 4) is 0 Å². The third kappa shape index (κ3) is 2.50. The number of carbonyl (C=O) groups is 1. The van der Waals surface area contributed by atoms with Crippen molar-refractivity contribution < 1.29 is 9.18 Å². The van der Waals surface area contributed by atoms with Gasteiger partial charge in [0, 0.05) is 29.1 Å². The van der Waals surface area contributed by atoms with Crippen molar-refractivity contribution in [3.05, 3.63) is 71.2 Å². The molecule has 1 aliphatic rings. The molecule has 1 heterocycles. The first kappa shape index (κ1) is 14.0. The number of aryl methyl sites for hydroxylation is 1. The molecule has 1 amide bonds. The lowest BCUT2D eigenvalue weighted by atomic mass is 9.91. The Bertz CT molecular complexity index is 884. The minimum absolute atomic E-state index is 0.0302.